The normalized spacial score (nSPS) is 13.5. The molecule has 0 bridgehead atoms. The third kappa shape index (κ3) is 4.74. The van der Waals surface area contributed by atoms with Crippen LogP contribution in [0.15, 0.2) is 28.2 Å². The number of halogens is 1. The highest BCUT2D eigenvalue weighted by Crippen LogP contribution is 2.26. The van der Waals surface area contributed by atoms with E-state index in [-0.39, 0.29) is 30.0 Å². The summed E-state index contributed by atoms with van der Waals surface area (Å²) in [6.45, 7) is 2.57. The largest absolute Gasteiger partial charge is 0.324 e. The Hall–Kier alpha value is -3.01. The van der Waals surface area contributed by atoms with E-state index in [2.05, 4.69) is 30.0 Å². The monoisotopic (exact) mass is 456 g/mol. The van der Waals surface area contributed by atoms with Crippen LogP contribution >= 0.6 is 11.8 Å². The van der Waals surface area contributed by atoms with E-state index in [4.69, 9.17) is 0 Å². The van der Waals surface area contributed by atoms with E-state index in [1.807, 2.05) is 6.26 Å². The number of aromatic nitrogens is 5. The number of fused-ring (bicyclic) bond motifs is 1. The first-order chi connectivity index (χ1) is 15.5. The molecule has 10 heteroatoms. The van der Waals surface area contributed by atoms with Crippen molar-refractivity contribution in [2.24, 2.45) is 0 Å². The van der Waals surface area contributed by atoms with Crippen LogP contribution in [0.4, 0.5) is 10.1 Å². The van der Waals surface area contributed by atoms with Gasteiger partial charge >= 0.3 is 0 Å². The van der Waals surface area contributed by atoms with Gasteiger partial charge in [0.2, 0.25) is 5.91 Å². The van der Waals surface area contributed by atoms with Crippen molar-refractivity contribution >= 4 is 23.4 Å². The van der Waals surface area contributed by atoms with Gasteiger partial charge in [-0.2, -0.15) is 0 Å². The van der Waals surface area contributed by atoms with Gasteiger partial charge in [-0.05, 0) is 50.6 Å². The lowest BCUT2D eigenvalue weighted by Crippen LogP contribution is -2.20. The number of thioether (sulfide) groups is 1. The first kappa shape index (κ1) is 22.2. The Morgan fingerprint density at radius 1 is 1.28 bits per heavy atom. The van der Waals surface area contributed by atoms with Crippen LogP contribution in [0.1, 0.15) is 42.8 Å². The van der Waals surface area contributed by atoms with E-state index in [1.165, 1.54) is 17.8 Å². The zero-order valence-corrected chi connectivity index (χ0v) is 18.9. The molecule has 1 aromatic carbocycles. The van der Waals surface area contributed by atoms with Crippen molar-refractivity contribution in [1.82, 2.24) is 24.7 Å². The van der Waals surface area contributed by atoms with E-state index in [0.717, 1.165) is 38.1 Å². The quantitative estimate of drug-likeness (QED) is 0.434. The lowest BCUT2D eigenvalue weighted by Gasteiger charge is -2.11. The third-order valence-corrected chi connectivity index (χ3v) is 6.18. The fourth-order valence-electron chi connectivity index (χ4n) is 3.89. The maximum Gasteiger partial charge on any atom is 0.254 e. The molecular weight excluding hydrogens is 431 g/mol. The summed E-state index contributed by atoms with van der Waals surface area (Å²) in [5.74, 6) is 0.709. The maximum absolute atomic E-state index is 14.4. The minimum absolute atomic E-state index is 0.0359. The van der Waals surface area contributed by atoms with Crippen LogP contribution in [0.5, 0.6) is 0 Å². The Morgan fingerprint density at radius 3 is 2.91 bits per heavy atom. The topological polar surface area (TPSA) is 106 Å². The Labute approximate surface area is 189 Å². The van der Waals surface area contributed by atoms with Gasteiger partial charge in [0, 0.05) is 36.2 Å². The van der Waals surface area contributed by atoms with E-state index in [0.29, 0.717) is 27.8 Å². The molecule has 0 saturated carbocycles. The molecule has 0 atom stereocenters. The van der Waals surface area contributed by atoms with Gasteiger partial charge in [0.25, 0.3) is 5.56 Å². The van der Waals surface area contributed by atoms with Crippen molar-refractivity contribution in [1.29, 1.82) is 0 Å². The molecule has 2 aromatic heterocycles. The third-order valence-electron chi connectivity index (χ3n) is 5.60. The van der Waals surface area contributed by atoms with Gasteiger partial charge < -0.3 is 14.9 Å². The highest BCUT2D eigenvalue weighted by Gasteiger charge is 2.18. The zero-order chi connectivity index (χ0) is 22.7. The lowest BCUT2D eigenvalue weighted by atomic mass is 10.1. The lowest BCUT2D eigenvalue weighted by molar-refractivity contribution is -0.116. The van der Waals surface area contributed by atoms with Gasteiger partial charge in [0.05, 0.1) is 5.69 Å². The van der Waals surface area contributed by atoms with Crippen LogP contribution in [0.2, 0.25) is 0 Å². The van der Waals surface area contributed by atoms with E-state index >= 15 is 0 Å². The number of rotatable bonds is 6. The minimum Gasteiger partial charge on any atom is -0.324 e. The minimum atomic E-state index is -0.530. The molecule has 0 radical (unpaired) electrons. The molecule has 0 saturated heterocycles. The van der Waals surface area contributed by atoms with Gasteiger partial charge in [-0.1, -0.05) is 18.2 Å². The summed E-state index contributed by atoms with van der Waals surface area (Å²) in [5.41, 5.74) is 1.58. The molecule has 0 spiro atoms. The van der Waals surface area contributed by atoms with E-state index in [1.54, 1.807) is 19.1 Å². The van der Waals surface area contributed by atoms with Crippen molar-refractivity contribution in [3.05, 3.63) is 51.5 Å². The highest BCUT2D eigenvalue weighted by molar-refractivity contribution is 7.98. The second-order valence-electron chi connectivity index (χ2n) is 7.78. The zero-order valence-electron chi connectivity index (χ0n) is 18.1. The van der Waals surface area contributed by atoms with Crippen molar-refractivity contribution < 1.29 is 9.18 Å². The van der Waals surface area contributed by atoms with Gasteiger partial charge in [-0.3, -0.25) is 9.59 Å². The molecule has 1 aliphatic rings. The Bertz CT molecular complexity index is 1210. The van der Waals surface area contributed by atoms with Crippen LogP contribution in [-0.4, -0.2) is 36.9 Å². The summed E-state index contributed by atoms with van der Waals surface area (Å²) in [7, 11) is 0. The van der Waals surface area contributed by atoms with E-state index in [9.17, 15) is 14.0 Å². The van der Waals surface area contributed by atoms with Crippen molar-refractivity contribution in [2.75, 3.05) is 11.6 Å². The number of aryl methyl sites for hydroxylation is 2. The average molecular weight is 457 g/mol. The smallest absolute Gasteiger partial charge is 0.254 e. The Balaban J connectivity index is 1.49. The Kier molecular flexibility index (Phi) is 6.69. The number of hydrogen-bond donors (Lipinski definition) is 2. The van der Waals surface area contributed by atoms with E-state index < -0.39 is 5.82 Å². The predicted molar refractivity (Wildman–Crippen MR) is 121 cm³/mol. The summed E-state index contributed by atoms with van der Waals surface area (Å²) in [6, 6.07) is 4.56. The molecule has 4 rings (SSSR count). The number of carbonyl (C=O) groups is 1. The number of H-pyrrole nitrogens is 1. The van der Waals surface area contributed by atoms with Gasteiger partial charge in [-0.25, -0.2) is 9.37 Å². The molecule has 3 heterocycles. The van der Waals surface area contributed by atoms with Crippen LogP contribution in [0.3, 0.4) is 0 Å². The molecular formula is C22H25FN6O2S. The first-order valence-electron chi connectivity index (χ1n) is 10.6. The van der Waals surface area contributed by atoms with Crippen molar-refractivity contribution in [3.8, 4) is 11.4 Å². The van der Waals surface area contributed by atoms with Gasteiger partial charge in [0.1, 0.15) is 11.6 Å². The molecule has 32 heavy (non-hydrogen) atoms. The first-order valence-corrected chi connectivity index (χ1v) is 11.8. The molecule has 0 fully saturated rings. The molecule has 1 amide bonds. The van der Waals surface area contributed by atoms with Crippen molar-refractivity contribution in [3.63, 3.8) is 0 Å². The second-order valence-corrected chi connectivity index (χ2v) is 8.58. The van der Waals surface area contributed by atoms with Gasteiger partial charge in [0.15, 0.2) is 11.0 Å². The van der Waals surface area contributed by atoms with Gasteiger partial charge in [-0.15, -0.1) is 10.2 Å². The number of aromatic amines is 1. The Morgan fingerprint density at radius 2 is 2.12 bits per heavy atom. The fraction of sp³-hybridized carbons (Fsp3) is 0.409. The number of nitrogens with zero attached hydrogens (tertiary/aromatic N) is 4. The molecule has 8 nitrogen and oxygen atoms in total. The predicted octanol–water partition coefficient (Wildman–Crippen LogP) is 3.50. The van der Waals surface area contributed by atoms with Crippen LogP contribution < -0.4 is 10.9 Å². The van der Waals surface area contributed by atoms with Crippen LogP contribution in [0, 0.1) is 12.7 Å². The van der Waals surface area contributed by atoms with Crippen LogP contribution in [-0.2, 0) is 24.2 Å². The number of amides is 1. The number of hydrogen-bond acceptors (Lipinski definition) is 6. The average Bonchev–Trinajstić information content (AvgIpc) is 3.02. The van der Waals surface area contributed by atoms with Crippen LogP contribution in [0.25, 0.3) is 11.4 Å². The summed E-state index contributed by atoms with van der Waals surface area (Å²) in [6.07, 6.45) is 6.23. The summed E-state index contributed by atoms with van der Waals surface area (Å²) >= 11 is 1.34. The van der Waals surface area contributed by atoms with Crippen molar-refractivity contribution in [2.45, 2.75) is 57.1 Å². The summed E-state index contributed by atoms with van der Waals surface area (Å²) in [4.78, 5) is 31.8. The summed E-state index contributed by atoms with van der Waals surface area (Å²) < 4.78 is 16.5. The SMILES string of the molecule is CSc1nc(C)c(CCC(=O)Nc2cc(-c3nnc4n3CCCCC4)ccc2F)c(=O)[nH]1. The maximum atomic E-state index is 14.4. The fourth-order valence-corrected chi connectivity index (χ4v) is 4.31. The molecule has 168 valence electrons. The number of carbonyl (C=O) groups excluding carboxylic acids is 1. The standard InChI is InChI=1S/C22H25FN6O2S/c1-13-15(21(31)26-22(24-13)32-2)8-10-19(30)25-17-12-14(7-9-16(17)23)20-28-27-18-6-4-3-5-11-29(18)20/h7,9,12H,3-6,8,10-11H2,1-2H3,(H,25,30)(H,24,26,31). The highest BCUT2D eigenvalue weighted by atomic mass is 32.2. The molecule has 0 aliphatic carbocycles. The molecule has 2 N–H and O–H groups in total. The second kappa shape index (κ2) is 9.64. The number of nitrogens with one attached hydrogen (secondary N) is 2. The number of anilines is 1. The molecule has 0 unspecified atom stereocenters. The molecule has 3 aromatic rings. The number of benzene rings is 1. The summed E-state index contributed by atoms with van der Waals surface area (Å²) in [5, 5.41) is 11.8. The molecule has 1 aliphatic heterocycles.